The number of piperazine rings is 1. The summed E-state index contributed by atoms with van der Waals surface area (Å²) in [5.74, 6) is 0.436. The fourth-order valence-electron chi connectivity index (χ4n) is 3.17. The minimum atomic E-state index is -0.356. The van der Waals surface area contributed by atoms with Crippen LogP contribution in [-0.2, 0) is 6.54 Å². The molecular weight excluding hydrogens is 418 g/mol. The lowest BCUT2D eigenvalue weighted by Crippen LogP contribution is -2.48. The number of hydrogen-bond donors (Lipinski definition) is 0. The quantitative estimate of drug-likeness (QED) is 0.617. The predicted octanol–water partition coefficient (Wildman–Crippen LogP) is 4.14. The molecule has 0 radical (unpaired) electrons. The van der Waals surface area contributed by atoms with Crippen LogP contribution in [0, 0.1) is 5.82 Å². The summed E-state index contributed by atoms with van der Waals surface area (Å²) in [5.41, 5.74) is 1.12. The van der Waals surface area contributed by atoms with Crippen molar-refractivity contribution in [3.8, 4) is 11.5 Å². The smallest absolute Gasteiger partial charge is 0.259 e. The number of carbonyl (C=O) groups excluding carboxylic acids is 1. The second-order valence-corrected chi connectivity index (χ2v) is 7.56. The van der Waals surface area contributed by atoms with Gasteiger partial charge < -0.3 is 9.42 Å². The first-order valence-electron chi connectivity index (χ1n) is 9.05. The molecule has 1 amide bonds. The summed E-state index contributed by atoms with van der Waals surface area (Å²) in [6, 6.07) is 10.7. The maximum atomic E-state index is 13.0. The third-order valence-corrected chi connectivity index (χ3v) is 5.29. The molecular formula is C20H17Cl2FN4O2. The summed E-state index contributed by atoms with van der Waals surface area (Å²) in [4.78, 5) is 20.8. The zero-order chi connectivity index (χ0) is 20.4. The fraction of sp³-hybridized carbons (Fsp3) is 0.250. The molecule has 0 atom stereocenters. The van der Waals surface area contributed by atoms with Crippen LogP contribution in [-0.4, -0.2) is 52.0 Å². The third kappa shape index (κ3) is 4.58. The van der Waals surface area contributed by atoms with Crippen molar-refractivity contribution in [3.63, 3.8) is 0 Å². The van der Waals surface area contributed by atoms with Gasteiger partial charge in [0.25, 0.3) is 11.8 Å². The number of aromatic nitrogens is 2. The molecule has 2 aromatic carbocycles. The maximum absolute atomic E-state index is 13.0. The van der Waals surface area contributed by atoms with E-state index in [4.69, 9.17) is 27.7 Å². The van der Waals surface area contributed by atoms with Gasteiger partial charge in [-0.25, -0.2) is 4.39 Å². The number of benzene rings is 2. The standard InChI is InChI=1S/C20H17Cl2FN4O2/c21-14-3-6-16(17(22)11-14)19-24-18(25-29-19)12-26-7-9-27(10-8-26)20(28)13-1-4-15(23)5-2-13/h1-6,11H,7-10,12H2. The van der Waals surface area contributed by atoms with E-state index in [9.17, 15) is 9.18 Å². The largest absolute Gasteiger partial charge is 0.336 e. The molecule has 2 heterocycles. The van der Waals surface area contributed by atoms with E-state index in [1.165, 1.54) is 24.3 Å². The van der Waals surface area contributed by atoms with Crippen molar-refractivity contribution in [2.45, 2.75) is 6.54 Å². The SMILES string of the molecule is O=C(c1ccc(F)cc1)N1CCN(Cc2noc(-c3ccc(Cl)cc3Cl)n2)CC1. The lowest BCUT2D eigenvalue weighted by Gasteiger charge is -2.34. The summed E-state index contributed by atoms with van der Waals surface area (Å²) < 4.78 is 18.4. The van der Waals surface area contributed by atoms with E-state index < -0.39 is 0 Å². The minimum Gasteiger partial charge on any atom is -0.336 e. The number of nitrogens with zero attached hydrogens (tertiary/aromatic N) is 4. The Morgan fingerprint density at radius 2 is 1.79 bits per heavy atom. The van der Waals surface area contributed by atoms with Crippen molar-refractivity contribution < 1.29 is 13.7 Å². The van der Waals surface area contributed by atoms with Crippen molar-refractivity contribution >= 4 is 29.1 Å². The van der Waals surface area contributed by atoms with Crippen LogP contribution in [0.5, 0.6) is 0 Å². The number of halogens is 3. The van der Waals surface area contributed by atoms with Crippen LogP contribution in [0.3, 0.4) is 0 Å². The van der Waals surface area contributed by atoms with Crippen LogP contribution in [0.25, 0.3) is 11.5 Å². The molecule has 0 saturated carbocycles. The molecule has 6 nitrogen and oxygen atoms in total. The van der Waals surface area contributed by atoms with E-state index in [2.05, 4.69) is 15.0 Å². The van der Waals surface area contributed by atoms with Crippen molar-refractivity contribution in [2.24, 2.45) is 0 Å². The lowest BCUT2D eigenvalue weighted by atomic mass is 10.2. The molecule has 3 aromatic rings. The first-order valence-corrected chi connectivity index (χ1v) is 9.80. The Labute approximate surface area is 176 Å². The average molecular weight is 435 g/mol. The van der Waals surface area contributed by atoms with E-state index in [0.29, 0.717) is 65.6 Å². The van der Waals surface area contributed by atoms with Gasteiger partial charge in [0.2, 0.25) is 0 Å². The van der Waals surface area contributed by atoms with Gasteiger partial charge in [0.05, 0.1) is 17.1 Å². The highest BCUT2D eigenvalue weighted by Gasteiger charge is 2.23. The van der Waals surface area contributed by atoms with Gasteiger partial charge in [-0.2, -0.15) is 4.98 Å². The molecule has 0 aliphatic carbocycles. The summed E-state index contributed by atoms with van der Waals surface area (Å²) in [5, 5.41) is 5.00. The van der Waals surface area contributed by atoms with E-state index in [0.717, 1.165) is 0 Å². The van der Waals surface area contributed by atoms with E-state index >= 15 is 0 Å². The average Bonchev–Trinajstić information content (AvgIpc) is 3.17. The highest BCUT2D eigenvalue weighted by atomic mass is 35.5. The molecule has 0 bridgehead atoms. The summed E-state index contributed by atoms with van der Waals surface area (Å²) >= 11 is 12.1. The maximum Gasteiger partial charge on any atom is 0.259 e. The Morgan fingerprint density at radius 3 is 2.48 bits per heavy atom. The lowest BCUT2D eigenvalue weighted by molar-refractivity contribution is 0.0624. The molecule has 1 aliphatic rings. The summed E-state index contributed by atoms with van der Waals surface area (Å²) in [6.07, 6.45) is 0. The van der Waals surface area contributed by atoms with Crippen molar-refractivity contribution in [2.75, 3.05) is 26.2 Å². The van der Waals surface area contributed by atoms with Crippen LogP contribution in [0.15, 0.2) is 47.0 Å². The molecule has 0 unspecified atom stereocenters. The Kier molecular flexibility index (Phi) is 5.80. The van der Waals surface area contributed by atoms with Crippen LogP contribution in [0.1, 0.15) is 16.2 Å². The molecule has 9 heteroatoms. The topological polar surface area (TPSA) is 62.5 Å². The molecule has 1 aromatic heterocycles. The van der Waals surface area contributed by atoms with Gasteiger partial charge in [0.15, 0.2) is 5.82 Å². The third-order valence-electron chi connectivity index (χ3n) is 4.75. The first kappa shape index (κ1) is 19.8. The van der Waals surface area contributed by atoms with Gasteiger partial charge in [-0.05, 0) is 42.5 Å². The van der Waals surface area contributed by atoms with Crippen LogP contribution >= 0.6 is 23.2 Å². The minimum absolute atomic E-state index is 0.0936. The number of rotatable bonds is 4. The zero-order valence-corrected chi connectivity index (χ0v) is 16.8. The Balaban J connectivity index is 1.35. The summed E-state index contributed by atoms with van der Waals surface area (Å²) in [6.45, 7) is 3.01. The molecule has 150 valence electrons. The van der Waals surface area contributed by atoms with Gasteiger partial charge >= 0.3 is 0 Å². The zero-order valence-electron chi connectivity index (χ0n) is 15.3. The van der Waals surface area contributed by atoms with E-state index in [1.54, 1.807) is 23.1 Å². The molecule has 4 rings (SSSR count). The second-order valence-electron chi connectivity index (χ2n) is 6.72. The van der Waals surface area contributed by atoms with Crippen molar-refractivity contribution in [1.29, 1.82) is 0 Å². The molecule has 0 N–H and O–H groups in total. The molecule has 1 aliphatic heterocycles. The Morgan fingerprint density at radius 1 is 1.07 bits per heavy atom. The van der Waals surface area contributed by atoms with Gasteiger partial charge in [0, 0.05) is 36.8 Å². The Hall–Kier alpha value is -2.48. The van der Waals surface area contributed by atoms with Gasteiger partial charge in [-0.15, -0.1) is 0 Å². The van der Waals surface area contributed by atoms with Crippen LogP contribution in [0.4, 0.5) is 4.39 Å². The number of carbonyl (C=O) groups is 1. The van der Waals surface area contributed by atoms with Gasteiger partial charge in [-0.3, -0.25) is 9.69 Å². The predicted molar refractivity (Wildman–Crippen MR) is 107 cm³/mol. The van der Waals surface area contributed by atoms with Gasteiger partial charge in [-0.1, -0.05) is 28.4 Å². The van der Waals surface area contributed by atoms with Crippen LogP contribution < -0.4 is 0 Å². The fourth-order valence-corrected chi connectivity index (χ4v) is 3.66. The number of amides is 1. The molecule has 1 saturated heterocycles. The highest BCUT2D eigenvalue weighted by molar-refractivity contribution is 6.36. The Bertz CT molecular complexity index is 1020. The van der Waals surface area contributed by atoms with Crippen molar-refractivity contribution in [1.82, 2.24) is 19.9 Å². The number of hydrogen-bond acceptors (Lipinski definition) is 5. The van der Waals surface area contributed by atoms with E-state index in [1.807, 2.05) is 0 Å². The second kappa shape index (κ2) is 8.49. The first-order chi connectivity index (χ1) is 14.0. The monoisotopic (exact) mass is 434 g/mol. The van der Waals surface area contributed by atoms with Gasteiger partial charge in [0.1, 0.15) is 5.82 Å². The summed E-state index contributed by atoms with van der Waals surface area (Å²) in [7, 11) is 0. The normalized spacial score (nSPS) is 14.9. The molecule has 29 heavy (non-hydrogen) atoms. The molecule has 1 fully saturated rings. The van der Waals surface area contributed by atoms with E-state index in [-0.39, 0.29) is 11.7 Å². The highest BCUT2D eigenvalue weighted by Crippen LogP contribution is 2.29. The molecule has 0 spiro atoms. The van der Waals surface area contributed by atoms with Crippen molar-refractivity contribution in [3.05, 3.63) is 69.7 Å². The van der Waals surface area contributed by atoms with Crippen LogP contribution in [0.2, 0.25) is 10.0 Å².